The molecule has 4 nitrogen and oxygen atoms in total. The Hall–Kier alpha value is -3.05. The molecule has 122 valence electrons. The highest BCUT2D eigenvalue weighted by molar-refractivity contribution is 6.29. The Kier molecular flexibility index (Phi) is 3.78. The van der Waals surface area contributed by atoms with Gasteiger partial charge in [-0.15, -0.1) is 0 Å². The molecular weight excluding hydrogens is 341 g/mol. The van der Waals surface area contributed by atoms with Gasteiger partial charge in [-0.25, -0.2) is 14.4 Å². The van der Waals surface area contributed by atoms with Crippen molar-refractivity contribution in [2.45, 2.75) is 0 Å². The van der Waals surface area contributed by atoms with Gasteiger partial charge in [-0.2, -0.15) is 0 Å². The van der Waals surface area contributed by atoms with Gasteiger partial charge in [-0.1, -0.05) is 48.0 Å². The summed E-state index contributed by atoms with van der Waals surface area (Å²) in [6.45, 7) is 0. The number of nitrogens with one attached hydrogen (secondary N) is 1. The fourth-order valence-electron chi connectivity index (χ4n) is 2.62. The molecule has 0 saturated carbocycles. The lowest BCUT2D eigenvalue weighted by atomic mass is 10.1. The van der Waals surface area contributed by atoms with Crippen molar-refractivity contribution in [3.63, 3.8) is 0 Å². The maximum absolute atomic E-state index is 13.6. The Morgan fingerprint density at radius 3 is 2.44 bits per heavy atom. The van der Waals surface area contributed by atoms with Crippen LogP contribution in [0.1, 0.15) is 0 Å². The maximum Gasteiger partial charge on any atom is 0.259 e. The Balaban J connectivity index is 1.75. The molecule has 4 rings (SSSR count). The van der Waals surface area contributed by atoms with Gasteiger partial charge in [-0.05, 0) is 23.8 Å². The molecule has 1 N–H and O–H groups in total. The van der Waals surface area contributed by atoms with Gasteiger partial charge in [0.25, 0.3) is 5.56 Å². The molecule has 0 aliphatic carbocycles. The van der Waals surface area contributed by atoms with Gasteiger partial charge in [-0.3, -0.25) is 4.79 Å². The first kappa shape index (κ1) is 15.5. The summed E-state index contributed by atoms with van der Waals surface area (Å²) in [5.74, 6) is -0.0839. The van der Waals surface area contributed by atoms with E-state index < -0.39 is 5.82 Å². The summed E-state index contributed by atoms with van der Waals surface area (Å²) in [5, 5.41) is 0.392. The van der Waals surface area contributed by atoms with Crippen LogP contribution in [0.2, 0.25) is 5.15 Å². The predicted molar refractivity (Wildman–Crippen MR) is 96.0 cm³/mol. The highest BCUT2D eigenvalue weighted by atomic mass is 35.5. The molecule has 0 radical (unpaired) electrons. The quantitative estimate of drug-likeness (QED) is 0.543. The fraction of sp³-hybridized carbons (Fsp3) is 0. The third-order valence-corrected chi connectivity index (χ3v) is 4.18. The average Bonchev–Trinajstić information content (AvgIpc) is 2.64. The number of benzene rings is 2. The number of aromatic amines is 1. The number of rotatable bonds is 2. The number of H-pyrrole nitrogens is 1. The summed E-state index contributed by atoms with van der Waals surface area (Å²) in [6, 6.07) is 15.8. The second-order valence-corrected chi connectivity index (χ2v) is 5.86. The first-order valence-electron chi connectivity index (χ1n) is 7.53. The summed E-state index contributed by atoms with van der Waals surface area (Å²) >= 11 is 5.61. The van der Waals surface area contributed by atoms with Crippen molar-refractivity contribution in [3.05, 3.63) is 82.1 Å². The molecule has 0 spiro atoms. The van der Waals surface area contributed by atoms with E-state index in [1.54, 1.807) is 18.2 Å². The van der Waals surface area contributed by atoms with Gasteiger partial charge in [0.2, 0.25) is 0 Å². The van der Waals surface area contributed by atoms with Gasteiger partial charge >= 0.3 is 0 Å². The van der Waals surface area contributed by atoms with Crippen molar-refractivity contribution in [1.82, 2.24) is 15.0 Å². The maximum atomic E-state index is 13.6. The third kappa shape index (κ3) is 2.90. The normalized spacial score (nSPS) is 11.0. The average molecular weight is 352 g/mol. The molecule has 0 aliphatic heterocycles. The van der Waals surface area contributed by atoms with Crippen molar-refractivity contribution in [2.75, 3.05) is 0 Å². The number of fused-ring (bicyclic) bond motifs is 1. The van der Waals surface area contributed by atoms with E-state index in [0.29, 0.717) is 22.3 Å². The van der Waals surface area contributed by atoms with Crippen LogP contribution in [0.25, 0.3) is 33.4 Å². The van der Waals surface area contributed by atoms with Crippen LogP contribution < -0.4 is 5.56 Å². The molecule has 2 aromatic heterocycles. The fourth-order valence-corrected chi connectivity index (χ4v) is 2.73. The Morgan fingerprint density at radius 2 is 1.68 bits per heavy atom. The van der Waals surface area contributed by atoms with Gasteiger partial charge in [0.15, 0.2) is 11.0 Å². The molecular formula is C19H11ClFN3O. The molecule has 0 fully saturated rings. The largest absolute Gasteiger partial charge is 0.306 e. The molecule has 2 heterocycles. The molecule has 0 aliphatic rings. The number of hydrogen-bond acceptors (Lipinski definition) is 3. The van der Waals surface area contributed by atoms with Crippen LogP contribution in [0.4, 0.5) is 4.39 Å². The Bertz CT molecular complexity index is 1140. The van der Waals surface area contributed by atoms with E-state index in [1.807, 2.05) is 30.3 Å². The van der Waals surface area contributed by atoms with E-state index in [1.165, 1.54) is 12.3 Å². The van der Waals surface area contributed by atoms with Gasteiger partial charge < -0.3 is 4.98 Å². The number of para-hydroxylation sites is 1. The lowest BCUT2D eigenvalue weighted by molar-refractivity contribution is 0.622. The number of pyridine rings is 1. The number of aromatic nitrogens is 3. The van der Waals surface area contributed by atoms with Crippen molar-refractivity contribution >= 4 is 22.5 Å². The SMILES string of the molecule is O=c1[nH]c(-c2ccc(-c3cnc(Cl)c(F)c3)cc2)nc2ccccc12. The summed E-state index contributed by atoms with van der Waals surface area (Å²) in [6.07, 6.45) is 1.51. The van der Waals surface area contributed by atoms with E-state index >= 15 is 0 Å². The smallest absolute Gasteiger partial charge is 0.259 e. The van der Waals surface area contributed by atoms with Crippen molar-refractivity contribution in [3.8, 4) is 22.5 Å². The topological polar surface area (TPSA) is 58.6 Å². The first-order valence-corrected chi connectivity index (χ1v) is 7.90. The molecule has 0 amide bonds. The second-order valence-electron chi connectivity index (χ2n) is 5.51. The summed E-state index contributed by atoms with van der Waals surface area (Å²) in [7, 11) is 0. The highest BCUT2D eigenvalue weighted by Crippen LogP contribution is 2.25. The summed E-state index contributed by atoms with van der Waals surface area (Å²) in [5.41, 5.74) is 2.61. The zero-order chi connectivity index (χ0) is 17.4. The van der Waals surface area contributed by atoms with E-state index in [0.717, 1.165) is 11.1 Å². The van der Waals surface area contributed by atoms with Gasteiger partial charge in [0, 0.05) is 17.3 Å². The summed E-state index contributed by atoms with van der Waals surface area (Å²) in [4.78, 5) is 23.3. The van der Waals surface area contributed by atoms with Crippen LogP contribution in [0.15, 0.2) is 65.6 Å². The van der Waals surface area contributed by atoms with Crippen LogP contribution in [-0.4, -0.2) is 15.0 Å². The van der Waals surface area contributed by atoms with Gasteiger partial charge in [0.05, 0.1) is 10.9 Å². The van der Waals surface area contributed by atoms with Gasteiger partial charge in [0.1, 0.15) is 5.82 Å². The van der Waals surface area contributed by atoms with Crippen LogP contribution in [-0.2, 0) is 0 Å². The van der Waals surface area contributed by atoms with E-state index in [2.05, 4.69) is 15.0 Å². The number of nitrogens with zero attached hydrogens (tertiary/aromatic N) is 2. The molecule has 0 saturated heterocycles. The molecule has 4 aromatic rings. The zero-order valence-corrected chi connectivity index (χ0v) is 13.6. The molecule has 0 atom stereocenters. The van der Waals surface area contributed by atoms with Crippen LogP contribution in [0, 0.1) is 5.82 Å². The van der Waals surface area contributed by atoms with Crippen LogP contribution >= 0.6 is 11.6 Å². The molecule has 2 aromatic carbocycles. The number of halogens is 2. The van der Waals surface area contributed by atoms with Crippen molar-refractivity contribution in [2.24, 2.45) is 0 Å². The molecule has 0 unspecified atom stereocenters. The minimum atomic E-state index is -0.566. The third-order valence-electron chi connectivity index (χ3n) is 3.90. The highest BCUT2D eigenvalue weighted by Gasteiger charge is 2.08. The van der Waals surface area contributed by atoms with E-state index in [4.69, 9.17) is 11.6 Å². The zero-order valence-electron chi connectivity index (χ0n) is 12.8. The van der Waals surface area contributed by atoms with Crippen LogP contribution in [0.3, 0.4) is 0 Å². The lowest BCUT2D eigenvalue weighted by Crippen LogP contribution is -2.09. The minimum absolute atomic E-state index is 0.154. The standard InChI is InChI=1S/C19H11ClFN3O/c20-17-15(21)9-13(10-22-17)11-5-7-12(8-6-11)18-23-16-4-2-1-3-14(16)19(25)24-18/h1-10H,(H,23,24,25). The molecule has 0 bridgehead atoms. The minimum Gasteiger partial charge on any atom is -0.306 e. The van der Waals surface area contributed by atoms with Crippen molar-refractivity contribution in [1.29, 1.82) is 0 Å². The predicted octanol–water partition coefficient (Wildman–Crippen LogP) is 4.44. The number of hydrogen-bond donors (Lipinski definition) is 1. The first-order chi connectivity index (χ1) is 12.1. The summed E-state index contributed by atoms with van der Waals surface area (Å²) < 4.78 is 13.6. The Morgan fingerprint density at radius 1 is 0.960 bits per heavy atom. The second kappa shape index (κ2) is 6.11. The Labute approximate surface area is 147 Å². The van der Waals surface area contributed by atoms with E-state index in [9.17, 15) is 9.18 Å². The van der Waals surface area contributed by atoms with Crippen LogP contribution in [0.5, 0.6) is 0 Å². The monoisotopic (exact) mass is 351 g/mol. The van der Waals surface area contributed by atoms with E-state index in [-0.39, 0.29) is 10.7 Å². The lowest BCUT2D eigenvalue weighted by Gasteiger charge is -2.06. The molecule has 6 heteroatoms. The molecule has 25 heavy (non-hydrogen) atoms. The van der Waals surface area contributed by atoms with Crippen molar-refractivity contribution < 1.29 is 4.39 Å².